The van der Waals surface area contributed by atoms with Crippen LogP contribution in [0.15, 0.2) is 54.6 Å². The lowest BCUT2D eigenvalue weighted by Crippen LogP contribution is -2.43. The first-order valence-electron chi connectivity index (χ1n) is 9.47. The van der Waals surface area contributed by atoms with Crippen molar-refractivity contribution in [3.05, 3.63) is 65.7 Å². The van der Waals surface area contributed by atoms with Gasteiger partial charge in [0.25, 0.3) is 0 Å². The highest BCUT2D eigenvalue weighted by Crippen LogP contribution is 2.21. The second-order valence-electron chi connectivity index (χ2n) is 6.73. The van der Waals surface area contributed by atoms with E-state index in [-0.39, 0.29) is 11.7 Å². The molecule has 0 saturated carbocycles. The summed E-state index contributed by atoms with van der Waals surface area (Å²) in [6.45, 7) is 4.67. The number of carbonyl (C=O) groups is 1. The van der Waals surface area contributed by atoms with E-state index in [0.29, 0.717) is 12.1 Å². The van der Waals surface area contributed by atoms with E-state index in [4.69, 9.17) is 15.9 Å². The predicted octanol–water partition coefficient (Wildman–Crippen LogP) is 1.57. The van der Waals surface area contributed by atoms with Gasteiger partial charge in [-0.2, -0.15) is 0 Å². The third kappa shape index (κ3) is 5.55. The number of ether oxygens (including phenoxy) is 1. The van der Waals surface area contributed by atoms with Crippen molar-refractivity contribution in [2.24, 2.45) is 5.73 Å². The van der Waals surface area contributed by atoms with Crippen LogP contribution in [0.2, 0.25) is 0 Å². The second-order valence-corrected chi connectivity index (χ2v) is 6.73. The number of nitrogens with one attached hydrogen (secondary N) is 3. The van der Waals surface area contributed by atoms with Gasteiger partial charge in [-0.1, -0.05) is 42.5 Å². The minimum Gasteiger partial charge on any atom is -0.384 e. The molecule has 0 aliphatic carbocycles. The molecule has 1 atom stereocenters. The van der Waals surface area contributed by atoms with E-state index in [1.54, 1.807) is 12.1 Å². The topological polar surface area (TPSA) is 103 Å². The van der Waals surface area contributed by atoms with Crippen molar-refractivity contribution >= 4 is 17.4 Å². The SMILES string of the molecule is N=C(N)c1cccc(NC(C(=O)NCCN2CCOCC2)c2ccccc2)c1. The van der Waals surface area contributed by atoms with Crippen LogP contribution in [0.5, 0.6) is 0 Å². The van der Waals surface area contributed by atoms with E-state index in [0.717, 1.165) is 44.1 Å². The highest BCUT2D eigenvalue weighted by Gasteiger charge is 2.21. The lowest BCUT2D eigenvalue weighted by molar-refractivity contribution is -0.122. The molecule has 1 amide bonds. The fourth-order valence-corrected chi connectivity index (χ4v) is 3.15. The normalized spacial score (nSPS) is 15.6. The van der Waals surface area contributed by atoms with Crippen LogP contribution in [0.1, 0.15) is 17.2 Å². The third-order valence-corrected chi connectivity index (χ3v) is 4.71. The molecule has 0 bridgehead atoms. The largest absolute Gasteiger partial charge is 0.384 e. The van der Waals surface area contributed by atoms with Gasteiger partial charge < -0.3 is 21.1 Å². The average molecular weight is 381 g/mol. The molecule has 0 spiro atoms. The Hall–Kier alpha value is -2.90. The van der Waals surface area contributed by atoms with Gasteiger partial charge in [0.2, 0.25) is 5.91 Å². The number of hydrogen-bond acceptors (Lipinski definition) is 5. The summed E-state index contributed by atoms with van der Waals surface area (Å²) in [5, 5.41) is 13.9. The zero-order chi connectivity index (χ0) is 19.8. The molecule has 3 rings (SSSR count). The lowest BCUT2D eigenvalue weighted by atomic mass is 10.1. The first kappa shape index (κ1) is 19.9. The molecule has 2 aromatic rings. The van der Waals surface area contributed by atoms with Crippen molar-refractivity contribution in [3.63, 3.8) is 0 Å². The van der Waals surface area contributed by atoms with Gasteiger partial charge >= 0.3 is 0 Å². The predicted molar refractivity (Wildman–Crippen MR) is 111 cm³/mol. The van der Waals surface area contributed by atoms with Gasteiger partial charge in [-0.3, -0.25) is 15.1 Å². The molecule has 0 radical (unpaired) electrons. The summed E-state index contributed by atoms with van der Waals surface area (Å²) in [6, 6.07) is 16.3. The molecular weight excluding hydrogens is 354 g/mol. The molecule has 2 aromatic carbocycles. The Bertz CT molecular complexity index is 790. The molecule has 1 fully saturated rings. The Morgan fingerprint density at radius 2 is 1.89 bits per heavy atom. The summed E-state index contributed by atoms with van der Waals surface area (Å²) < 4.78 is 5.35. The minimum atomic E-state index is -0.534. The molecule has 7 heteroatoms. The average Bonchev–Trinajstić information content (AvgIpc) is 2.73. The molecule has 28 heavy (non-hydrogen) atoms. The number of nitrogens with two attached hydrogens (primary N) is 1. The maximum absolute atomic E-state index is 12.9. The first-order valence-corrected chi connectivity index (χ1v) is 9.47. The molecule has 5 N–H and O–H groups in total. The summed E-state index contributed by atoms with van der Waals surface area (Å²) in [5.41, 5.74) is 7.81. The van der Waals surface area contributed by atoms with Crippen molar-refractivity contribution in [1.29, 1.82) is 5.41 Å². The Kier molecular flexibility index (Phi) is 7.00. The van der Waals surface area contributed by atoms with Crippen LogP contribution in [0.25, 0.3) is 0 Å². The number of anilines is 1. The summed E-state index contributed by atoms with van der Waals surface area (Å²) in [5.74, 6) is -0.0949. The highest BCUT2D eigenvalue weighted by molar-refractivity contribution is 5.96. The number of rotatable bonds is 8. The third-order valence-electron chi connectivity index (χ3n) is 4.71. The number of hydrogen-bond donors (Lipinski definition) is 4. The van der Waals surface area contributed by atoms with Gasteiger partial charge in [-0.05, 0) is 17.7 Å². The second kappa shape index (κ2) is 9.87. The molecule has 1 aliphatic rings. The highest BCUT2D eigenvalue weighted by atomic mass is 16.5. The van der Waals surface area contributed by atoms with Crippen molar-refractivity contribution in [1.82, 2.24) is 10.2 Å². The number of benzene rings is 2. The van der Waals surface area contributed by atoms with E-state index >= 15 is 0 Å². The van der Waals surface area contributed by atoms with Crippen molar-refractivity contribution in [3.8, 4) is 0 Å². The van der Waals surface area contributed by atoms with Crippen molar-refractivity contribution < 1.29 is 9.53 Å². The Labute approximate surface area is 165 Å². The molecule has 1 aliphatic heterocycles. The van der Waals surface area contributed by atoms with E-state index in [1.165, 1.54) is 0 Å². The van der Waals surface area contributed by atoms with E-state index in [9.17, 15) is 4.79 Å². The maximum Gasteiger partial charge on any atom is 0.247 e. The van der Waals surface area contributed by atoms with Crippen LogP contribution >= 0.6 is 0 Å². The zero-order valence-corrected chi connectivity index (χ0v) is 15.9. The Morgan fingerprint density at radius 1 is 1.14 bits per heavy atom. The monoisotopic (exact) mass is 381 g/mol. The maximum atomic E-state index is 12.9. The fraction of sp³-hybridized carbons (Fsp3) is 0.333. The Morgan fingerprint density at radius 3 is 2.61 bits per heavy atom. The number of amides is 1. The van der Waals surface area contributed by atoms with Crippen molar-refractivity contribution in [2.45, 2.75) is 6.04 Å². The summed E-state index contributed by atoms with van der Waals surface area (Å²) in [4.78, 5) is 15.2. The minimum absolute atomic E-state index is 0.00475. The van der Waals surface area contributed by atoms with Crippen molar-refractivity contribution in [2.75, 3.05) is 44.7 Å². The number of amidine groups is 1. The van der Waals surface area contributed by atoms with Gasteiger partial charge in [0.1, 0.15) is 11.9 Å². The van der Waals surface area contributed by atoms with Gasteiger partial charge in [0.15, 0.2) is 0 Å². The van der Waals surface area contributed by atoms with Crippen LogP contribution in [0.3, 0.4) is 0 Å². The number of morpholine rings is 1. The molecule has 1 heterocycles. The fourth-order valence-electron chi connectivity index (χ4n) is 3.15. The van der Waals surface area contributed by atoms with Gasteiger partial charge in [-0.25, -0.2) is 0 Å². The number of nitrogen functional groups attached to an aromatic ring is 1. The standard InChI is InChI=1S/C21H27N5O2/c22-20(23)17-7-4-8-18(15-17)25-19(16-5-2-1-3-6-16)21(27)24-9-10-26-11-13-28-14-12-26/h1-8,15,19,25H,9-14H2,(H3,22,23)(H,24,27). The number of carbonyl (C=O) groups excluding carboxylic acids is 1. The summed E-state index contributed by atoms with van der Waals surface area (Å²) in [7, 11) is 0. The zero-order valence-electron chi connectivity index (χ0n) is 15.9. The van der Waals surface area contributed by atoms with Crippen LogP contribution in [0.4, 0.5) is 5.69 Å². The smallest absolute Gasteiger partial charge is 0.247 e. The van der Waals surface area contributed by atoms with Gasteiger partial charge in [-0.15, -0.1) is 0 Å². The van der Waals surface area contributed by atoms with Crippen LogP contribution < -0.4 is 16.4 Å². The van der Waals surface area contributed by atoms with E-state index in [1.807, 2.05) is 42.5 Å². The first-order chi connectivity index (χ1) is 13.6. The van der Waals surface area contributed by atoms with Crippen LogP contribution in [-0.4, -0.2) is 56.0 Å². The molecule has 0 aromatic heterocycles. The molecule has 148 valence electrons. The van der Waals surface area contributed by atoms with Crippen LogP contribution in [0, 0.1) is 5.41 Å². The quantitative estimate of drug-likeness (QED) is 0.411. The number of nitrogens with zero attached hydrogens (tertiary/aromatic N) is 1. The summed E-state index contributed by atoms with van der Waals surface area (Å²) in [6.07, 6.45) is 0. The molecule has 1 unspecified atom stereocenters. The Balaban J connectivity index is 1.67. The molecule has 7 nitrogen and oxygen atoms in total. The van der Waals surface area contributed by atoms with Gasteiger partial charge in [0.05, 0.1) is 13.2 Å². The van der Waals surface area contributed by atoms with E-state index in [2.05, 4.69) is 15.5 Å². The van der Waals surface area contributed by atoms with Crippen LogP contribution in [-0.2, 0) is 9.53 Å². The lowest BCUT2D eigenvalue weighted by Gasteiger charge is -2.27. The summed E-state index contributed by atoms with van der Waals surface area (Å²) >= 11 is 0. The molecule has 1 saturated heterocycles. The van der Waals surface area contributed by atoms with Gasteiger partial charge in [0, 0.05) is 37.4 Å². The molecular formula is C21H27N5O2. The van der Waals surface area contributed by atoms with E-state index < -0.39 is 6.04 Å².